The van der Waals surface area contributed by atoms with Gasteiger partial charge in [-0.2, -0.15) is 0 Å². The van der Waals surface area contributed by atoms with Gasteiger partial charge in [0.15, 0.2) is 0 Å². The topological polar surface area (TPSA) is 21.3 Å². The van der Waals surface area contributed by atoms with Crippen LogP contribution in [0.2, 0.25) is 0 Å². The third-order valence-electron chi connectivity index (χ3n) is 3.85. The second-order valence-corrected chi connectivity index (χ2v) is 5.89. The van der Waals surface area contributed by atoms with Crippen LogP contribution in [-0.2, 0) is 6.42 Å². The highest BCUT2D eigenvalue weighted by Crippen LogP contribution is 2.32. The van der Waals surface area contributed by atoms with Crippen LogP contribution < -0.4 is 10.1 Å². The highest BCUT2D eigenvalue weighted by atomic mass is 16.5. The first kappa shape index (κ1) is 14.4. The minimum Gasteiger partial charge on any atom is -0.494 e. The predicted octanol–water partition coefficient (Wildman–Crippen LogP) is 4.10. The number of fused-ring (bicyclic) bond motifs is 1. The van der Waals surface area contributed by atoms with Crippen molar-refractivity contribution in [3.8, 4) is 5.75 Å². The van der Waals surface area contributed by atoms with Gasteiger partial charge in [0.25, 0.3) is 0 Å². The Bertz CT molecular complexity index is 400. The number of ether oxygens (including phenoxy) is 1. The highest BCUT2D eigenvalue weighted by molar-refractivity contribution is 5.39. The smallest absolute Gasteiger partial charge is 0.119 e. The van der Waals surface area contributed by atoms with Crippen LogP contribution in [0.25, 0.3) is 0 Å². The van der Waals surface area contributed by atoms with Gasteiger partial charge < -0.3 is 10.1 Å². The standard InChI is InChI=1S/C17H27NO/c1-4-18-17-7-5-6-14-8-9-15(12-16(14)17)19-11-10-13(2)3/h8-9,12-13,17-18H,4-7,10-11H2,1-3H3. The van der Waals surface area contributed by atoms with Crippen molar-refractivity contribution in [1.82, 2.24) is 5.32 Å². The first-order valence-corrected chi connectivity index (χ1v) is 7.69. The molecule has 0 bridgehead atoms. The molecule has 19 heavy (non-hydrogen) atoms. The van der Waals surface area contributed by atoms with Crippen LogP contribution in [-0.4, -0.2) is 13.2 Å². The Labute approximate surface area is 117 Å². The number of benzene rings is 1. The molecule has 2 rings (SSSR count). The zero-order chi connectivity index (χ0) is 13.7. The Morgan fingerprint density at radius 3 is 2.95 bits per heavy atom. The van der Waals surface area contributed by atoms with E-state index in [1.54, 1.807) is 0 Å². The van der Waals surface area contributed by atoms with Crippen LogP contribution >= 0.6 is 0 Å². The molecule has 2 heteroatoms. The molecule has 1 aromatic carbocycles. The van der Waals surface area contributed by atoms with E-state index in [9.17, 15) is 0 Å². The van der Waals surface area contributed by atoms with Crippen LogP contribution in [0.4, 0.5) is 0 Å². The van der Waals surface area contributed by atoms with Crippen molar-refractivity contribution in [3.05, 3.63) is 29.3 Å². The molecule has 0 saturated carbocycles. The highest BCUT2D eigenvalue weighted by Gasteiger charge is 2.19. The van der Waals surface area contributed by atoms with E-state index in [0.717, 1.165) is 25.3 Å². The first-order chi connectivity index (χ1) is 9.20. The van der Waals surface area contributed by atoms with E-state index in [0.29, 0.717) is 12.0 Å². The normalized spacial score (nSPS) is 18.4. The van der Waals surface area contributed by atoms with Gasteiger partial charge in [0.1, 0.15) is 5.75 Å². The molecular weight excluding hydrogens is 234 g/mol. The van der Waals surface area contributed by atoms with Gasteiger partial charge in [-0.25, -0.2) is 0 Å². The minimum absolute atomic E-state index is 0.516. The number of hydrogen-bond acceptors (Lipinski definition) is 2. The van der Waals surface area contributed by atoms with E-state index in [2.05, 4.69) is 44.3 Å². The van der Waals surface area contributed by atoms with Crippen LogP contribution in [0.15, 0.2) is 18.2 Å². The third kappa shape index (κ3) is 3.97. The van der Waals surface area contributed by atoms with Gasteiger partial charge in [0.2, 0.25) is 0 Å². The Hall–Kier alpha value is -1.02. The van der Waals surface area contributed by atoms with E-state index >= 15 is 0 Å². The summed E-state index contributed by atoms with van der Waals surface area (Å²) in [4.78, 5) is 0. The second kappa shape index (κ2) is 6.95. The summed E-state index contributed by atoms with van der Waals surface area (Å²) in [5, 5.41) is 3.59. The Kier molecular flexibility index (Phi) is 5.26. The fourth-order valence-corrected chi connectivity index (χ4v) is 2.74. The molecule has 1 aliphatic carbocycles. The monoisotopic (exact) mass is 261 g/mol. The van der Waals surface area contributed by atoms with Gasteiger partial charge in [0.05, 0.1) is 6.61 Å². The summed E-state index contributed by atoms with van der Waals surface area (Å²) in [6.45, 7) is 8.50. The maximum Gasteiger partial charge on any atom is 0.119 e. The lowest BCUT2D eigenvalue weighted by Gasteiger charge is -2.26. The van der Waals surface area contributed by atoms with Crippen LogP contribution in [0.5, 0.6) is 5.75 Å². The second-order valence-electron chi connectivity index (χ2n) is 5.89. The molecule has 0 saturated heterocycles. The van der Waals surface area contributed by atoms with Gasteiger partial charge in [-0.3, -0.25) is 0 Å². The van der Waals surface area contributed by atoms with E-state index in [4.69, 9.17) is 4.74 Å². The lowest BCUT2D eigenvalue weighted by Crippen LogP contribution is -2.24. The predicted molar refractivity (Wildman–Crippen MR) is 80.7 cm³/mol. The van der Waals surface area contributed by atoms with Crippen molar-refractivity contribution in [2.24, 2.45) is 5.92 Å². The molecular formula is C17H27NO. The molecule has 0 heterocycles. The summed E-state index contributed by atoms with van der Waals surface area (Å²) in [5.41, 5.74) is 2.95. The first-order valence-electron chi connectivity index (χ1n) is 7.69. The van der Waals surface area contributed by atoms with Gasteiger partial charge in [0, 0.05) is 6.04 Å². The lowest BCUT2D eigenvalue weighted by molar-refractivity contribution is 0.288. The van der Waals surface area contributed by atoms with E-state index in [1.165, 1.54) is 30.4 Å². The van der Waals surface area contributed by atoms with Crippen LogP contribution in [0.3, 0.4) is 0 Å². The van der Waals surface area contributed by atoms with Crippen LogP contribution in [0.1, 0.15) is 57.2 Å². The maximum atomic E-state index is 5.88. The zero-order valence-corrected chi connectivity index (χ0v) is 12.5. The SMILES string of the molecule is CCNC1CCCc2ccc(OCCC(C)C)cc21. The van der Waals surface area contributed by atoms with E-state index < -0.39 is 0 Å². The number of hydrogen-bond donors (Lipinski definition) is 1. The summed E-state index contributed by atoms with van der Waals surface area (Å²) in [6, 6.07) is 7.15. The quantitative estimate of drug-likeness (QED) is 0.832. The number of aryl methyl sites for hydroxylation is 1. The minimum atomic E-state index is 0.516. The molecule has 1 unspecified atom stereocenters. The molecule has 106 valence electrons. The van der Waals surface area contributed by atoms with Crippen molar-refractivity contribution >= 4 is 0 Å². The molecule has 1 N–H and O–H groups in total. The fraction of sp³-hybridized carbons (Fsp3) is 0.647. The van der Waals surface area contributed by atoms with Crippen molar-refractivity contribution in [3.63, 3.8) is 0 Å². The van der Waals surface area contributed by atoms with E-state index in [-0.39, 0.29) is 0 Å². The molecule has 0 spiro atoms. The molecule has 0 fully saturated rings. The van der Waals surface area contributed by atoms with Crippen molar-refractivity contribution in [2.45, 2.75) is 52.5 Å². The van der Waals surface area contributed by atoms with Gasteiger partial charge in [-0.05, 0) is 61.4 Å². The van der Waals surface area contributed by atoms with Gasteiger partial charge >= 0.3 is 0 Å². The molecule has 1 aliphatic rings. The Morgan fingerprint density at radius 2 is 2.21 bits per heavy atom. The van der Waals surface area contributed by atoms with Crippen molar-refractivity contribution in [2.75, 3.05) is 13.2 Å². The molecule has 0 amide bonds. The van der Waals surface area contributed by atoms with Gasteiger partial charge in [-0.15, -0.1) is 0 Å². The average Bonchev–Trinajstić information content (AvgIpc) is 2.39. The van der Waals surface area contributed by atoms with Crippen LogP contribution in [0, 0.1) is 5.92 Å². The van der Waals surface area contributed by atoms with Gasteiger partial charge in [-0.1, -0.05) is 26.8 Å². The molecule has 2 nitrogen and oxygen atoms in total. The Morgan fingerprint density at radius 1 is 1.37 bits per heavy atom. The third-order valence-corrected chi connectivity index (χ3v) is 3.85. The van der Waals surface area contributed by atoms with Crippen molar-refractivity contribution < 1.29 is 4.74 Å². The Balaban J connectivity index is 2.05. The zero-order valence-electron chi connectivity index (χ0n) is 12.5. The molecule has 0 aliphatic heterocycles. The summed E-state index contributed by atoms with van der Waals surface area (Å²) in [5.74, 6) is 1.73. The summed E-state index contributed by atoms with van der Waals surface area (Å²) in [6.07, 6.45) is 4.87. The molecule has 1 atom stereocenters. The fourth-order valence-electron chi connectivity index (χ4n) is 2.74. The lowest BCUT2D eigenvalue weighted by atomic mass is 9.87. The van der Waals surface area contributed by atoms with Crippen molar-refractivity contribution in [1.29, 1.82) is 0 Å². The molecule has 0 radical (unpaired) electrons. The molecule has 0 aromatic heterocycles. The average molecular weight is 261 g/mol. The molecule has 1 aromatic rings. The number of rotatable bonds is 6. The maximum absolute atomic E-state index is 5.88. The summed E-state index contributed by atoms with van der Waals surface area (Å²) >= 11 is 0. The summed E-state index contributed by atoms with van der Waals surface area (Å²) in [7, 11) is 0. The number of nitrogens with one attached hydrogen (secondary N) is 1. The summed E-state index contributed by atoms with van der Waals surface area (Å²) < 4.78 is 5.88. The van der Waals surface area contributed by atoms with E-state index in [1.807, 2.05) is 0 Å². The largest absolute Gasteiger partial charge is 0.494 e.